The van der Waals surface area contributed by atoms with Gasteiger partial charge in [-0.1, -0.05) is 94.3 Å². The third-order valence-corrected chi connectivity index (χ3v) is 7.67. The second kappa shape index (κ2) is 19.9. The highest BCUT2D eigenvalue weighted by Gasteiger charge is 2.22. The van der Waals surface area contributed by atoms with Crippen molar-refractivity contribution in [1.82, 2.24) is 4.90 Å². The fraction of sp³-hybridized carbons (Fsp3) is 0.382. The molecule has 4 rings (SSSR count). The Labute approximate surface area is 270 Å². The molecule has 0 aromatic heterocycles. The van der Waals surface area contributed by atoms with Crippen LogP contribution >= 0.6 is 28.3 Å². The number of benzene rings is 3. The van der Waals surface area contributed by atoms with Crippen LogP contribution in [-0.2, 0) is 20.8 Å². The van der Waals surface area contributed by atoms with Gasteiger partial charge >= 0.3 is 11.9 Å². The molecule has 0 unspecified atom stereocenters. The van der Waals surface area contributed by atoms with Crippen molar-refractivity contribution in [2.45, 2.75) is 66.0 Å². The zero-order valence-electron chi connectivity index (χ0n) is 24.2. The standard InChI is InChI=1S/C20H29BrN2O4.C13H10O.CH4.ClH/c1-3-23(17-7-5-4-6-8-17)13-16-11-15(12-18(21)19(16)22)20(25)27-10-9-26-14(2)24;14-13(11-7-3-1-4-8-11)12-9-5-2-6-10-12;;/h11-12,17H,3-10,13,22H2,1-2H3;1-10H;1H4;1H. The minimum Gasteiger partial charge on any atom is -0.462 e. The summed E-state index contributed by atoms with van der Waals surface area (Å²) in [6.45, 7) is 5.21. The Bertz CT molecular complexity index is 1240. The molecule has 1 saturated carbocycles. The highest BCUT2D eigenvalue weighted by atomic mass is 79.9. The Morgan fingerprint density at radius 2 is 1.40 bits per heavy atom. The molecule has 0 atom stereocenters. The number of esters is 2. The first-order valence-electron chi connectivity index (χ1n) is 14.1. The van der Waals surface area contributed by atoms with E-state index in [0.29, 0.717) is 28.3 Å². The van der Waals surface area contributed by atoms with Crippen LogP contribution in [0.25, 0.3) is 0 Å². The summed E-state index contributed by atoms with van der Waals surface area (Å²) in [5.41, 5.74) is 9.74. The van der Waals surface area contributed by atoms with Crippen molar-refractivity contribution in [3.63, 3.8) is 0 Å². The van der Waals surface area contributed by atoms with Crippen LogP contribution in [0, 0.1) is 0 Å². The van der Waals surface area contributed by atoms with Crippen LogP contribution in [0.5, 0.6) is 0 Å². The van der Waals surface area contributed by atoms with Crippen LogP contribution in [0.4, 0.5) is 5.69 Å². The van der Waals surface area contributed by atoms with Gasteiger partial charge < -0.3 is 15.2 Å². The lowest BCUT2D eigenvalue weighted by Gasteiger charge is -2.34. The van der Waals surface area contributed by atoms with E-state index in [-0.39, 0.29) is 38.8 Å². The molecule has 2 N–H and O–H groups in total. The minimum atomic E-state index is -0.454. The smallest absolute Gasteiger partial charge is 0.338 e. The summed E-state index contributed by atoms with van der Waals surface area (Å²) in [7, 11) is 0. The number of ketones is 1. The summed E-state index contributed by atoms with van der Waals surface area (Å²) in [4.78, 5) is 37.4. The normalized spacial score (nSPS) is 12.6. The van der Waals surface area contributed by atoms with Gasteiger partial charge in [-0.05, 0) is 53.0 Å². The summed E-state index contributed by atoms with van der Waals surface area (Å²) >= 11 is 3.45. The number of nitrogens with two attached hydrogens (primary N) is 1. The Morgan fingerprint density at radius 1 is 0.860 bits per heavy atom. The molecule has 0 spiro atoms. The Kier molecular flexibility index (Phi) is 17.5. The number of carbonyl (C=O) groups is 3. The first-order chi connectivity index (χ1) is 19.8. The number of nitrogens with zero attached hydrogens (tertiary/aromatic N) is 1. The lowest BCUT2D eigenvalue weighted by atomic mass is 9.93. The largest absolute Gasteiger partial charge is 0.462 e. The predicted molar refractivity (Wildman–Crippen MR) is 179 cm³/mol. The molecule has 0 heterocycles. The molecule has 7 nitrogen and oxygen atoms in total. The van der Waals surface area contributed by atoms with Crippen LogP contribution in [0.15, 0.2) is 77.3 Å². The molecule has 0 bridgehead atoms. The Morgan fingerprint density at radius 3 is 1.91 bits per heavy atom. The molecule has 234 valence electrons. The molecule has 3 aromatic carbocycles. The molecule has 0 radical (unpaired) electrons. The van der Waals surface area contributed by atoms with E-state index in [4.69, 9.17) is 15.2 Å². The summed E-state index contributed by atoms with van der Waals surface area (Å²) in [5.74, 6) is -0.776. The van der Waals surface area contributed by atoms with E-state index in [0.717, 1.165) is 23.2 Å². The lowest BCUT2D eigenvalue weighted by Crippen LogP contribution is -2.36. The second-order valence-electron chi connectivity index (χ2n) is 9.92. The molecule has 43 heavy (non-hydrogen) atoms. The average molecular weight is 676 g/mol. The van der Waals surface area contributed by atoms with Gasteiger partial charge in [0.05, 0.1) is 11.3 Å². The van der Waals surface area contributed by atoms with Crippen molar-refractivity contribution in [2.75, 3.05) is 25.5 Å². The first-order valence-corrected chi connectivity index (χ1v) is 14.9. The molecule has 0 amide bonds. The fourth-order valence-corrected chi connectivity index (χ4v) is 5.34. The summed E-state index contributed by atoms with van der Waals surface area (Å²) in [6.07, 6.45) is 6.29. The zero-order valence-corrected chi connectivity index (χ0v) is 26.6. The zero-order chi connectivity index (χ0) is 29.6. The summed E-state index contributed by atoms with van der Waals surface area (Å²) in [5, 5.41) is 0. The van der Waals surface area contributed by atoms with E-state index in [2.05, 4.69) is 27.8 Å². The highest BCUT2D eigenvalue weighted by Crippen LogP contribution is 2.30. The molecule has 1 aliphatic carbocycles. The van der Waals surface area contributed by atoms with E-state index in [1.807, 2.05) is 60.7 Å². The van der Waals surface area contributed by atoms with Crippen LogP contribution in [0.3, 0.4) is 0 Å². The van der Waals surface area contributed by atoms with Gasteiger partial charge in [0.1, 0.15) is 13.2 Å². The van der Waals surface area contributed by atoms with Crippen molar-refractivity contribution in [1.29, 1.82) is 0 Å². The summed E-state index contributed by atoms with van der Waals surface area (Å²) in [6, 6.07) is 22.7. The van der Waals surface area contributed by atoms with E-state index < -0.39 is 11.9 Å². The van der Waals surface area contributed by atoms with Gasteiger partial charge in [0, 0.05) is 35.1 Å². The summed E-state index contributed by atoms with van der Waals surface area (Å²) < 4.78 is 10.6. The van der Waals surface area contributed by atoms with Crippen LogP contribution in [0.1, 0.15) is 85.2 Å². The molecule has 1 fully saturated rings. The van der Waals surface area contributed by atoms with Gasteiger partial charge in [-0.25, -0.2) is 4.79 Å². The maximum absolute atomic E-state index is 12.3. The SMILES string of the molecule is C.CCN(Cc1cc(C(=O)OCCOC(C)=O)cc(Br)c1N)C1CCCCC1.Cl.O=C(c1ccccc1)c1ccccc1. The molecule has 9 heteroatoms. The number of nitrogen functional groups attached to an aromatic ring is 1. The quantitative estimate of drug-likeness (QED) is 0.101. The molecule has 3 aromatic rings. The van der Waals surface area contributed by atoms with Crippen molar-refractivity contribution >= 4 is 51.7 Å². The first kappa shape index (κ1) is 37.8. The van der Waals surface area contributed by atoms with Gasteiger partial charge in [-0.15, -0.1) is 12.4 Å². The Hall–Kier alpha value is -3.20. The highest BCUT2D eigenvalue weighted by molar-refractivity contribution is 9.10. The van der Waals surface area contributed by atoms with Crippen molar-refractivity contribution in [2.24, 2.45) is 0 Å². The van der Waals surface area contributed by atoms with E-state index in [1.165, 1.54) is 39.0 Å². The molecular weight excluding hydrogens is 632 g/mol. The van der Waals surface area contributed by atoms with Gasteiger partial charge in [0.15, 0.2) is 5.78 Å². The lowest BCUT2D eigenvalue weighted by molar-refractivity contribution is -0.142. The average Bonchev–Trinajstić information content (AvgIpc) is 3.01. The van der Waals surface area contributed by atoms with Gasteiger partial charge in [0.2, 0.25) is 0 Å². The van der Waals surface area contributed by atoms with Gasteiger partial charge in [-0.3, -0.25) is 14.5 Å². The van der Waals surface area contributed by atoms with Gasteiger partial charge in [0.25, 0.3) is 0 Å². The van der Waals surface area contributed by atoms with Gasteiger partial charge in [-0.2, -0.15) is 0 Å². The number of rotatable bonds is 10. The van der Waals surface area contributed by atoms with Crippen molar-refractivity contribution in [3.8, 4) is 0 Å². The fourth-order valence-electron chi connectivity index (χ4n) is 4.84. The van der Waals surface area contributed by atoms with E-state index in [1.54, 1.807) is 12.1 Å². The molecule has 0 aliphatic heterocycles. The topological polar surface area (TPSA) is 98.9 Å². The molecule has 1 aliphatic rings. The number of ether oxygens (including phenoxy) is 2. The number of carbonyl (C=O) groups excluding carboxylic acids is 3. The minimum absolute atomic E-state index is 0. The predicted octanol–water partition coefficient (Wildman–Crippen LogP) is 7.88. The third kappa shape index (κ3) is 12.1. The maximum Gasteiger partial charge on any atom is 0.338 e. The number of halogens is 2. The van der Waals surface area contributed by atoms with Crippen molar-refractivity contribution in [3.05, 3.63) is 99.5 Å². The second-order valence-corrected chi connectivity index (χ2v) is 10.8. The number of hydrogen-bond acceptors (Lipinski definition) is 7. The van der Waals surface area contributed by atoms with Crippen LogP contribution in [-0.4, -0.2) is 48.4 Å². The monoisotopic (exact) mass is 674 g/mol. The van der Waals surface area contributed by atoms with Crippen LogP contribution < -0.4 is 5.73 Å². The molecule has 0 saturated heterocycles. The third-order valence-electron chi connectivity index (χ3n) is 7.02. The van der Waals surface area contributed by atoms with Crippen LogP contribution in [0.2, 0.25) is 0 Å². The maximum atomic E-state index is 12.3. The Balaban J connectivity index is 0.000000487. The number of hydrogen-bond donors (Lipinski definition) is 1. The van der Waals surface area contributed by atoms with Crippen molar-refractivity contribution < 1.29 is 23.9 Å². The molecular formula is C34H44BrClN2O5. The number of anilines is 1. The van der Waals surface area contributed by atoms with E-state index >= 15 is 0 Å². The van der Waals surface area contributed by atoms with E-state index in [9.17, 15) is 14.4 Å².